The zero-order valence-corrected chi connectivity index (χ0v) is 21.5. The average Bonchev–Trinajstić information content (AvgIpc) is 3.37. The molecule has 2 saturated heterocycles. The molecule has 1 amide bonds. The molecule has 2 aliphatic rings. The first-order chi connectivity index (χ1) is 18.1. The van der Waals surface area contributed by atoms with E-state index in [1.807, 2.05) is 41.3 Å². The van der Waals surface area contributed by atoms with Crippen molar-refractivity contribution in [2.24, 2.45) is 0 Å². The zero-order valence-electron chi connectivity index (χ0n) is 21.5. The minimum absolute atomic E-state index is 0.124. The normalized spacial score (nSPS) is 20.2. The minimum atomic E-state index is -0.124. The van der Waals surface area contributed by atoms with Crippen LogP contribution in [-0.2, 0) is 17.9 Å². The molecule has 5 rings (SSSR count). The summed E-state index contributed by atoms with van der Waals surface area (Å²) in [6.07, 6.45) is 0.840. The summed E-state index contributed by atoms with van der Waals surface area (Å²) in [5.74, 6) is 0.236. The average molecular weight is 494 g/mol. The van der Waals surface area contributed by atoms with Crippen LogP contribution in [0.3, 0.4) is 0 Å². The van der Waals surface area contributed by atoms with E-state index in [-0.39, 0.29) is 11.9 Å². The van der Waals surface area contributed by atoms with Crippen molar-refractivity contribution in [3.63, 3.8) is 0 Å². The van der Waals surface area contributed by atoms with Gasteiger partial charge in [0.05, 0.1) is 17.3 Å². The van der Waals surface area contributed by atoms with Crippen molar-refractivity contribution in [3.8, 4) is 6.07 Å². The monoisotopic (exact) mass is 493 g/mol. The number of piperazine rings is 1. The maximum absolute atomic E-state index is 13.9. The van der Waals surface area contributed by atoms with Crippen molar-refractivity contribution in [2.45, 2.75) is 31.6 Å². The largest absolute Gasteiger partial charge is 0.367 e. The number of hydrogen-bond donors (Lipinski definition) is 0. The number of benzene rings is 3. The Kier molecular flexibility index (Phi) is 7.84. The van der Waals surface area contributed by atoms with Gasteiger partial charge in [-0.2, -0.15) is 5.26 Å². The summed E-state index contributed by atoms with van der Waals surface area (Å²) in [7, 11) is 2.18. The van der Waals surface area contributed by atoms with Crippen LogP contribution in [0, 0.1) is 11.3 Å². The molecule has 2 heterocycles. The Morgan fingerprint density at radius 2 is 1.51 bits per heavy atom. The second kappa shape index (κ2) is 11.6. The molecule has 6 nitrogen and oxygen atoms in total. The lowest BCUT2D eigenvalue weighted by Gasteiger charge is -2.38. The van der Waals surface area contributed by atoms with Crippen molar-refractivity contribution in [2.75, 3.05) is 44.7 Å². The highest BCUT2D eigenvalue weighted by molar-refractivity contribution is 5.82. The van der Waals surface area contributed by atoms with Crippen LogP contribution in [0.5, 0.6) is 0 Å². The number of amides is 1. The third-order valence-corrected chi connectivity index (χ3v) is 7.75. The molecule has 0 aliphatic carbocycles. The molecule has 0 N–H and O–H groups in total. The zero-order chi connectivity index (χ0) is 25.6. The third-order valence-electron chi connectivity index (χ3n) is 7.75. The number of nitrogens with zero attached hydrogens (tertiary/aromatic N) is 5. The lowest BCUT2D eigenvalue weighted by atomic mass is 10.1. The van der Waals surface area contributed by atoms with E-state index in [0.29, 0.717) is 24.7 Å². The molecule has 0 aromatic heterocycles. The number of hydrogen-bond acceptors (Lipinski definition) is 5. The third kappa shape index (κ3) is 5.85. The smallest absolute Gasteiger partial charge is 0.240 e. The Hall–Kier alpha value is -3.66. The van der Waals surface area contributed by atoms with Crippen LogP contribution in [0.1, 0.15) is 23.1 Å². The molecule has 0 bridgehead atoms. The summed E-state index contributed by atoms with van der Waals surface area (Å²) in [5, 5.41) is 9.50. The summed E-state index contributed by atoms with van der Waals surface area (Å²) < 4.78 is 0. The molecular formula is C31H35N5O. The molecule has 2 unspecified atom stereocenters. The first-order valence-electron chi connectivity index (χ1n) is 13.2. The molecule has 3 aromatic carbocycles. The molecule has 2 atom stereocenters. The van der Waals surface area contributed by atoms with E-state index in [0.717, 1.165) is 44.8 Å². The second-order valence-corrected chi connectivity index (χ2v) is 10.2. The number of nitriles is 1. The molecule has 0 radical (unpaired) electrons. The van der Waals surface area contributed by atoms with Gasteiger partial charge < -0.3 is 9.80 Å². The topological polar surface area (TPSA) is 53.8 Å². The van der Waals surface area contributed by atoms with Gasteiger partial charge in [-0.1, -0.05) is 72.8 Å². The van der Waals surface area contributed by atoms with Crippen LogP contribution in [0.4, 0.5) is 5.69 Å². The van der Waals surface area contributed by atoms with Gasteiger partial charge in [0.25, 0.3) is 0 Å². The Labute approximate surface area is 220 Å². The van der Waals surface area contributed by atoms with E-state index in [2.05, 4.69) is 76.3 Å². The second-order valence-electron chi connectivity index (χ2n) is 10.2. The highest BCUT2D eigenvalue weighted by Gasteiger charge is 2.40. The van der Waals surface area contributed by atoms with Crippen molar-refractivity contribution < 1.29 is 4.79 Å². The van der Waals surface area contributed by atoms with E-state index < -0.39 is 0 Å². The maximum atomic E-state index is 13.9. The van der Waals surface area contributed by atoms with Gasteiger partial charge in [-0.25, -0.2) is 0 Å². The number of likely N-dealkylation sites (N-methyl/N-ethyl adjacent to an activating group) is 1. The van der Waals surface area contributed by atoms with E-state index >= 15 is 0 Å². The van der Waals surface area contributed by atoms with Crippen molar-refractivity contribution in [1.82, 2.24) is 14.7 Å². The highest BCUT2D eigenvalue weighted by Crippen LogP contribution is 2.28. The molecule has 0 saturated carbocycles. The van der Waals surface area contributed by atoms with Gasteiger partial charge in [0, 0.05) is 51.9 Å². The Morgan fingerprint density at radius 3 is 2.19 bits per heavy atom. The Morgan fingerprint density at radius 1 is 0.892 bits per heavy atom. The molecule has 6 heteroatoms. The van der Waals surface area contributed by atoms with Gasteiger partial charge in [-0.15, -0.1) is 0 Å². The van der Waals surface area contributed by atoms with Crippen LogP contribution in [-0.4, -0.2) is 72.5 Å². The predicted molar refractivity (Wildman–Crippen MR) is 147 cm³/mol. The van der Waals surface area contributed by atoms with E-state index in [9.17, 15) is 10.1 Å². The van der Waals surface area contributed by atoms with Gasteiger partial charge >= 0.3 is 0 Å². The molecular weight excluding hydrogens is 458 g/mol. The summed E-state index contributed by atoms with van der Waals surface area (Å²) in [4.78, 5) is 22.9. The number of rotatable bonds is 7. The van der Waals surface area contributed by atoms with E-state index in [1.165, 1.54) is 11.1 Å². The number of likely N-dealkylation sites (tertiary alicyclic amines) is 1. The van der Waals surface area contributed by atoms with E-state index in [4.69, 9.17) is 0 Å². The number of para-hydroxylation sites is 1. The van der Waals surface area contributed by atoms with Crippen molar-refractivity contribution in [3.05, 3.63) is 102 Å². The first-order valence-corrected chi connectivity index (χ1v) is 13.2. The van der Waals surface area contributed by atoms with Crippen molar-refractivity contribution in [1.29, 1.82) is 5.26 Å². The van der Waals surface area contributed by atoms with Crippen molar-refractivity contribution >= 4 is 11.6 Å². The SMILES string of the molecule is CN(Cc1ccccc1)C1CC(C(=O)N2CCN(c3ccccc3C#N)CC2)N(Cc2ccccc2)C1. The van der Waals surface area contributed by atoms with E-state index in [1.54, 1.807) is 0 Å². The lowest BCUT2D eigenvalue weighted by molar-refractivity contribution is -0.136. The summed E-state index contributed by atoms with van der Waals surface area (Å²) >= 11 is 0. The molecule has 0 spiro atoms. The van der Waals surface area contributed by atoms with Crippen LogP contribution < -0.4 is 4.90 Å². The van der Waals surface area contributed by atoms with Gasteiger partial charge in [-0.3, -0.25) is 14.6 Å². The van der Waals surface area contributed by atoms with Gasteiger partial charge in [0.15, 0.2) is 0 Å². The van der Waals surface area contributed by atoms with Crippen LogP contribution in [0.2, 0.25) is 0 Å². The molecule has 190 valence electrons. The first kappa shape index (κ1) is 25.0. The van der Waals surface area contributed by atoms with Crippen LogP contribution in [0.25, 0.3) is 0 Å². The molecule has 37 heavy (non-hydrogen) atoms. The Balaban J connectivity index is 1.27. The minimum Gasteiger partial charge on any atom is -0.367 e. The molecule has 2 aliphatic heterocycles. The lowest BCUT2D eigenvalue weighted by Crippen LogP contribution is -2.53. The van der Waals surface area contributed by atoms with Crippen LogP contribution >= 0.6 is 0 Å². The number of carbonyl (C=O) groups is 1. The number of anilines is 1. The van der Waals surface area contributed by atoms with Gasteiger partial charge in [-0.05, 0) is 36.7 Å². The fraction of sp³-hybridized carbons (Fsp3) is 0.355. The molecule has 3 aromatic rings. The highest BCUT2D eigenvalue weighted by atomic mass is 16.2. The van der Waals surface area contributed by atoms with Gasteiger partial charge in [0.1, 0.15) is 6.07 Å². The summed E-state index contributed by atoms with van der Waals surface area (Å²) in [6.45, 7) is 5.38. The fourth-order valence-corrected chi connectivity index (χ4v) is 5.67. The maximum Gasteiger partial charge on any atom is 0.240 e. The summed E-state index contributed by atoms with van der Waals surface area (Å²) in [5.41, 5.74) is 4.19. The fourth-order valence-electron chi connectivity index (χ4n) is 5.67. The standard InChI is InChI=1S/C31H35N5O/c1-33(22-25-10-4-2-5-11-25)28-20-30(36(24-28)23-26-12-6-3-7-13-26)31(37)35-18-16-34(17-19-35)29-15-9-8-14-27(29)21-32/h2-15,28,30H,16-20,22-24H2,1H3. The quantitative estimate of drug-likeness (QED) is 0.498. The predicted octanol–water partition coefficient (Wildman–Crippen LogP) is 3.98. The van der Waals surface area contributed by atoms with Crippen LogP contribution in [0.15, 0.2) is 84.9 Å². The Bertz CT molecular complexity index is 1220. The van der Waals surface area contributed by atoms with Gasteiger partial charge in [0.2, 0.25) is 5.91 Å². The summed E-state index contributed by atoms with van der Waals surface area (Å²) in [6, 6.07) is 31.2. The number of carbonyl (C=O) groups excluding carboxylic acids is 1. The molecule has 2 fully saturated rings.